The Bertz CT molecular complexity index is 1370. The zero-order valence-corrected chi connectivity index (χ0v) is 21.2. The predicted octanol–water partition coefficient (Wildman–Crippen LogP) is 4.73. The van der Waals surface area contributed by atoms with E-state index in [0.717, 1.165) is 59.0 Å². The summed E-state index contributed by atoms with van der Waals surface area (Å²) in [4.78, 5) is 8.67. The van der Waals surface area contributed by atoms with Crippen LogP contribution >= 0.6 is 0 Å². The van der Waals surface area contributed by atoms with Crippen molar-refractivity contribution in [3.05, 3.63) is 64.5 Å². The molecular formula is C27H32FN7O. The molecule has 0 aliphatic heterocycles. The summed E-state index contributed by atoms with van der Waals surface area (Å²) in [6.07, 6.45) is 5.66. The van der Waals surface area contributed by atoms with Gasteiger partial charge in [-0.05, 0) is 83.4 Å². The molecule has 0 spiro atoms. The second kappa shape index (κ2) is 9.13. The highest BCUT2D eigenvalue weighted by Gasteiger charge is 2.46. The van der Waals surface area contributed by atoms with E-state index in [9.17, 15) is 9.50 Å². The van der Waals surface area contributed by atoms with Crippen molar-refractivity contribution >= 4 is 18.4 Å². The van der Waals surface area contributed by atoms with E-state index in [-0.39, 0.29) is 5.82 Å². The minimum atomic E-state index is -0.782. The van der Waals surface area contributed by atoms with E-state index in [0.29, 0.717) is 17.6 Å². The van der Waals surface area contributed by atoms with E-state index < -0.39 is 5.60 Å². The third-order valence-corrected chi connectivity index (χ3v) is 7.04. The number of halogens is 1. The van der Waals surface area contributed by atoms with Crippen molar-refractivity contribution in [1.82, 2.24) is 19.6 Å². The number of nitrogens with zero attached hydrogens (tertiary/aromatic N) is 6. The van der Waals surface area contributed by atoms with Crippen LogP contribution in [0, 0.1) is 32.5 Å². The molecular weight excluding hydrogens is 457 g/mol. The van der Waals surface area contributed by atoms with Crippen LogP contribution in [0.25, 0.3) is 11.3 Å². The Morgan fingerprint density at radius 1 is 1.22 bits per heavy atom. The van der Waals surface area contributed by atoms with Gasteiger partial charge in [-0.2, -0.15) is 10.2 Å². The van der Waals surface area contributed by atoms with E-state index in [1.807, 2.05) is 25.5 Å². The van der Waals surface area contributed by atoms with Gasteiger partial charge in [-0.25, -0.2) is 18.7 Å². The Morgan fingerprint density at radius 2 is 1.92 bits per heavy atom. The molecule has 0 bridgehead atoms. The molecule has 2 heterocycles. The minimum Gasteiger partial charge on any atom is -0.385 e. The fourth-order valence-electron chi connectivity index (χ4n) is 4.76. The van der Waals surface area contributed by atoms with Crippen molar-refractivity contribution in [1.29, 1.82) is 0 Å². The Morgan fingerprint density at radius 3 is 2.50 bits per heavy atom. The first-order chi connectivity index (χ1) is 17.2. The van der Waals surface area contributed by atoms with E-state index in [2.05, 4.69) is 27.1 Å². The van der Waals surface area contributed by atoms with Crippen LogP contribution in [-0.2, 0) is 12.1 Å². The Labute approximate surface area is 210 Å². The zero-order valence-electron chi connectivity index (χ0n) is 21.2. The van der Waals surface area contributed by atoms with Gasteiger partial charge in [0.2, 0.25) is 0 Å². The summed E-state index contributed by atoms with van der Waals surface area (Å²) in [5.41, 5.74) is 4.35. The maximum atomic E-state index is 13.5. The van der Waals surface area contributed by atoms with Gasteiger partial charge in [0.25, 0.3) is 0 Å². The van der Waals surface area contributed by atoms with Crippen LogP contribution in [0.2, 0.25) is 0 Å². The second-order valence-corrected chi connectivity index (χ2v) is 9.84. The lowest BCUT2D eigenvalue weighted by molar-refractivity contribution is 0.150. The summed E-state index contributed by atoms with van der Waals surface area (Å²) < 4.78 is 17.2. The molecule has 2 saturated carbocycles. The minimum absolute atomic E-state index is 0.277. The summed E-state index contributed by atoms with van der Waals surface area (Å²) in [5.74, 6) is 2.22. The van der Waals surface area contributed by atoms with E-state index >= 15 is 0 Å². The van der Waals surface area contributed by atoms with Crippen LogP contribution in [0.5, 0.6) is 0 Å². The molecule has 2 aliphatic carbocycles. The molecule has 1 aromatic carbocycles. The number of aromatic nitrogens is 4. The van der Waals surface area contributed by atoms with Gasteiger partial charge in [0.05, 0.1) is 17.0 Å². The molecule has 0 amide bonds. The molecule has 0 radical (unpaired) electrons. The molecule has 3 aromatic rings. The van der Waals surface area contributed by atoms with E-state index in [1.54, 1.807) is 29.9 Å². The summed E-state index contributed by atoms with van der Waals surface area (Å²) >= 11 is 0. The number of benzene rings is 1. The van der Waals surface area contributed by atoms with Gasteiger partial charge in [-0.3, -0.25) is 4.99 Å². The molecule has 0 unspecified atom stereocenters. The van der Waals surface area contributed by atoms with Crippen molar-refractivity contribution < 1.29 is 9.50 Å². The molecule has 2 aliphatic rings. The van der Waals surface area contributed by atoms with Crippen LogP contribution in [0.3, 0.4) is 0 Å². The number of aliphatic imine (C=N–C) groups is 2. The standard InChI is InChI=1S/C27H32FN7O/c1-16-25(20-8-10-21(28)11-9-20)33-34(15-19-6-7-19)26(16)31-22(29-4)14-23(30-5)35-18(3)24(17(2)32-35)27(36)12-13-27/h8-11,14,19,31,36H,4,6-7,12-13,15H2,1-3,5H3/b22-14+,30-23?. The number of rotatable bonds is 8. The van der Waals surface area contributed by atoms with Crippen LogP contribution in [-0.4, -0.2) is 44.3 Å². The van der Waals surface area contributed by atoms with E-state index in [4.69, 9.17) is 5.10 Å². The van der Waals surface area contributed by atoms with Crippen molar-refractivity contribution in [3.63, 3.8) is 0 Å². The van der Waals surface area contributed by atoms with Crippen LogP contribution in [0.15, 0.2) is 46.1 Å². The SMILES string of the molecule is C=N/C(=C\C(=NC)n1nc(C)c(C2(O)CC2)c1C)Nc1c(C)c(-c2ccc(F)cc2)nn1CC1CC1. The lowest BCUT2D eigenvalue weighted by Crippen LogP contribution is -2.17. The zero-order chi connectivity index (χ0) is 25.6. The normalized spacial score (nSPS) is 17.4. The summed E-state index contributed by atoms with van der Waals surface area (Å²) in [5, 5.41) is 23.7. The van der Waals surface area contributed by atoms with Crippen LogP contribution in [0.4, 0.5) is 10.2 Å². The van der Waals surface area contributed by atoms with Gasteiger partial charge >= 0.3 is 0 Å². The number of anilines is 1. The first-order valence-electron chi connectivity index (χ1n) is 12.3. The molecule has 9 heteroatoms. The van der Waals surface area contributed by atoms with Gasteiger partial charge in [-0.1, -0.05) is 0 Å². The smallest absolute Gasteiger partial charge is 0.152 e. The van der Waals surface area contributed by atoms with Crippen molar-refractivity contribution in [3.8, 4) is 11.3 Å². The molecule has 2 N–H and O–H groups in total. The highest BCUT2D eigenvalue weighted by atomic mass is 19.1. The fraction of sp³-hybridized carbons (Fsp3) is 0.407. The molecule has 0 atom stereocenters. The third-order valence-electron chi connectivity index (χ3n) is 7.04. The largest absolute Gasteiger partial charge is 0.385 e. The lowest BCUT2D eigenvalue weighted by Gasteiger charge is -2.12. The Kier molecular flexibility index (Phi) is 6.12. The Balaban J connectivity index is 1.50. The quantitative estimate of drug-likeness (QED) is 0.353. The Hall–Kier alpha value is -3.59. The summed E-state index contributed by atoms with van der Waals surface area (Å²) in [6.45, 7) is 10.4. The molecule has 2 aromatic heterocycles. The molecule has 188 valence electrons. The number of aliphatic hydroxyl groups is 1. The molecule has 36 heavy (non-hydrogen) atoms. The molecule has 5 rings (SSSR count). The highest BCUT2D eigenvalue weighted by molar-refractivity contribution is 5.96. The van der Waals surface area contributed by atoms with Gasteiger partial charge < -0.3 is 10.4 Å². The maximum Gasteiger partial charge on any atom is 0.152 e. The van der Waals surface area contributed by atoms with Crippen LogP contribution < -0.4 is 5.32 Å². The summed E-state index contributed by atoms with van der Waals surface area (Å²) in [6, 6.07) is 6.38. The van der Waals surface area contributed by atoms with Gasteiger partial charge in [0.15, 0.2) is 5.84 Å². The molecule has 0 saturated heterocycles. The molecule has 8 nitrogen and oxygen atoms in total. The number of aryl methyl sites for hydroxylation is 1. The van der Waals surface area contributed by atoms with Crippen LogP contribution in [0.1, 0.15) is 48.2 Å². The van der Waals surface area contributed by atoms with Crippen molar-refractivity contribution in [2.75, 3.05) is 12.4 Å². The number of nitrogens with one attached hydrogen (secondary N) is 1. The number of hydrogen-bond acceptors (Lipinski definition) is 6. The van der Waals surface area contributed by atoms with E-state index in [1.165, 1.54) is 25.0 Å². The number of hydrogen-bond donors (Lipinski definition) is 2. The van der Waals surface area contributed by atoms with Crippen molar-refractivity contribution in [2.45, 2.75) is 58.6 Å². The first-order valence-corrected chi connectivity index (χ1v) is 12.3. The predicted molar refractivity (Wildman–Crippen MR) is 140 cm³/mol. The van der Waals surface area contributed by atoms with Gasteiger partial charge in [-0.15, -0.1) is 0 Å². The molecule has 2 fully saturated rings. The topological polar surface area (TPSA) is 92.6 Å². The third kappa shape index (κ3) is 4.51. The monoisotopic (exact) mass is 489 g/mol. The average Bonchev–Trinajstić information content (AvgIpc) is 3.77. The van der Waals surface area contributed by atoms with Crippen molar-refractivity contribution in [2.24, 2.45) is 15.9 Å². The lowest BCUT2D eigenvalue weighted by atomic mass is 10.1. The van der Waals surface area contributed by atoms with Gasteiger partial charge in [0.1, 0.15) is 17.5 Å². The summed E-state index contributed by atoms with van der Waals surface area (Å²) in [7, 11) is 1.70. The second-order valence-electron chi connectivity index (χ2n) is 9.84. The van der Waals surface area contributed by atoms with Gasteiger partial charge in [0, 0.05) is 42.1 Å². The average molecular weight is 490 g/mol. The fourth-order valence-corrected chi connectivity index (χ4v) is 4.76. The number of allylic oxidation sites excluding steroid dienone is 1. The maximum absolute atomic E-state index is 13.5. The highest BCUT2D eigenvalue weighted by Crippen LogP contribution is 2.47. The first kappa shape index (κ1) is 24.1.